The zero-order chi connectivity index (χ0) is 14.5. The minimum absolute atomic E-state index is 0. The van der Waals surface area contributed by atoms with E-state index in [-0.39, 0.29) is 30.0 Å². The van der Waals surface area contributed by atoms with Crippen molar-refractivity contribution in [3.63, 3.8) is 0 Å². The average Bonchev–Trinajstić information content (AvgIpc) is 2.27. The number of nitrogens with zero attached hydrogens (tertiary/aromatic N) is 1. The van der Waals surface area contributed by atoms with E-state index in [1.807, 2.05) is 13.8 Å². The fraction of sp³-hybridized carbons (Fsp3) is 0.462. The van der Waals surface area contributed by atoms with E-state index in [4.69, 9.17) is 5.73 Å². The van der Waals surface area contributed by atoms with Gasteiger partial charge in [-0.2, -0.15) is 0 Å². The van der Waals surface area contributed by atoms with Gasteiger partial charge in [-0.3, -0.25) is 4.99 Å². The van der Waals surface area contributed by atoms with E-state index in [2.05, 4.69) is 10.3 Å². The van der Waals surface area contributed by atoms with Crippen molar-refractivity contribution >= 4 is 39.8 Å². The summed E-state index contributed by atoms with van der Waals surface area (Å²) in [6.07, 6.45) is 1.93. The van der Waals surface area contributed by atoms with Gasteiger partial charge in [0.1, 0.15) is 0 Å². The second-order valence-electron chi connectivity index (χ2n) is 4.73. The molecule has 0 aliphatic heterocycles. The summed E-state index contributed by atoms with van der Waals surface area (Å²) in [5.74, 6) is 0.433. The van der Waals surface area contributed by atoms with Crippen LogP contribution in [0.4, 0.5) is 0 Å². The summed E-state index contributed by atoms with van der Waals surface area (Å²) in [7, 11) is -3.12. The lowest BCUT2D eigenvalue weighted by atomic mass is 10.1. The van der Waals surface area contributed by atoms with Crippen LogP contribution < -0.4 is 11.1 Å². The first-order valence-corrected chi connectivity index (χ1v) is 8.03. The zero-order valence-electron chi connectivity index (χ0n) is 12.0. The SMILES string of the molecule is CC(C)NC(N)=NCCc1ccc(S(C)(=O)=O)cc1.I. The third-order valence-corrected chi connectivity index (χ3v) is 3.60. The minimum atomic E-state index is -3.12. The molecule has 114 valence electrons. The van der Waals surface area contributed by atoms with Crippen molar-refractivity contribution in [2.24, 2.45) is 10.7 Å². The number of hydrogen-bond acceptors (Lipinski definition) is 3. The summed E-state index contributed by atoms with van der Waals surface area (Å²) in [5, 5.41) is 3.01. The Labute approximate surface area is 138 Å². The Bertz CT molecular complexity index is 539. The minimum Gasteiger partial charge on any atom is -0.370 e. The van der Waals surface area contributed by atoms with Gasteiger partial charge >= 0.3 is 0 Å². The molecule has 3 N–H and O–H groups in total. The van der Waals surface area contributed by atoms with Gasteiger partial charge in [0.25, 0.3) is 0 Å². The molecule has 0 bridgehead atoms. The van der Waals surface area contributed by atoms with Crippen molar-refractivity contribution in [1.29, 1.82) is 0 Å². The Hall–Kier alpha value is -0.830. The highest BCUT2D eigenvalue weighted by Gasteiger charge is 2.05. The maximum Gasteiger partial charge on any atom is 0.188 e. The van der Waals surface area contributed by atoms with Gasteiger partial charge in [0.05, 0.1) is 4.90 Å². The lowest BCUT2D eigenvalue weighted by molar-refractivity contribution is 0.602. The van der Waals surface area contributed by atoms with Crippen LogP contribution in [0.1, 0.15) is 19.4 Å². The van der Waals surface area contributed by atoms with Gasteiger partial charge in [-0.25, -0.2) is 8.42 Å². The van der Waals surface area contributed by atoms with Crippen LogP contribution in [0, 0.1) is 0 Å². The molecule has 0 aliphatic rings. The molecule has 0 unspecified atom stereocenters. The Morgan fingerprint density at radius 2 is 1.85 bits per heavy atom. The number of aliphatic imine (C=N–C) groups is 1. The summed E-state index contributed by atoms with van der Waals surface area (Å²) in [5.41, 5.74) is 6.72. The van der Waals surface area contributed by atoms with Crippen LogP contribution in [0.15, 0.2) is 34.2 Å². The van der Waals surface area contributed by atoms with Gasteiger partial charge in [-0.15, -0.1) is 24.0 Å². The first-order valence-electron chi connectivity index (χ1n) is 6.14. The second kappa shape index (κ2) is 8.46. The molecule has 5 nitrogen and oxygen atoms in total. The molecule has 1 aromatic rings. The van der Waals surface area contributed by atoms with Crippen LogP contribution in [-0.2, 0) is 16.3 Å². The molecule has 0 atom stereocenters. The van der Waals surface area contributed by atoms with Crippen molar-refractivity contribution < 1.29 is 8.42 Å². The standard InChI is InChI=1S/C13H21N3O2S.HI/c1-10(2)16-13(14)15-9-8-11-4-6-12(7-5-11)19(3,17)18;/h4-7,10H,8-9H2,1-3H3,(H3,14,15,16);1H. The van der Waals surface area contributed by atoms with E-state index in [0.717, 1.165) is 12.0 Å². The number of hydrogen-bond donors (Lipinski definition) is 2. The lowest BCUT2D eigenvalue weighted by Crippen LogP contribution is -2.36. The number of halogens is 1. The Kier molecular flexibility index (Phi) is 8.10. The third-order valence-electron chi connectivity index (χ3n) is 2.47. The Balaban J connectivity index is 0.00000361. The van der Waals surface area contributed by atoms with Crippen LogP contribution in [-0.4, -0.2) is 33.2 Å². The molecule has 0 amide bonds. The second-order valence-corrected chi connectivity index (χ2v) is 6.75. The largest absolute Gasteiger partial charge is 0.370 e. The fourth-order valence-corrected chi connectivity index (χ4v) is 2.18. The molecule has 0 aromatic heterocycles. The van der Waals surface area contributed by atoms with Gasteiger partial charge in [-0.1, -0.05) is 12.1 Å². The van der Waals surface area contributed by atoms with Crippen molar-refractivity contribution in [3.05, 3.63) is 29.8 Å². The van der Waals surface area contributed by atoms with E-state index in [1.165, 1.54) is 6.26 Å². The van der Waals surface area contributed by atoms with Crippen LogP contribution in [0.3, 0.4) is 0 Å². The van der Waals surface area contributed by atoms with Gasteiger partial charge in [0, 0.05) is 18.8 Å². The van der Waals surface area contributed by atoms with E-state index in [9.17, 15) is 8.42 Å². The first kappa shape index (κ1) is 19.2. The Morgan fingerprint density at radius 1 is 1.30 bits per heavy atom. The predicted molar refractivity (Wildman–Crippen MR) is 93.4 cm³/mol. The van der Waals surface area contributed by atoms with Crippen LogP contribution in [0.25, 0.3) is 0 Å². The average molecular weight is 411 g/mol. The third kappa shape index (κ3) is 7.09. The molecule has 7 heteroatoms. The molecule has 0 fully saturated rings. The summed E-state index contributed by atoms with van der Waals surface area (Å²) in [6.45, 7) is 4.56. The highest BCUT2D eigenvalue weighted by Crippen LogP contribution is 2.10. The lowest BCUT2D eigenvalue weighted by Gasteiger charge is -2.08. The van der Waals surface area contributed by atoms with E-state index in [0.29, 0.717) is 17.4 Å². The monoisotopic (exact) mass is 411 g/mol. The van der Waals surface area contributed by atoms with Crippen LogP contribution >= 0.6 is 24.0 Å². The molecule has 0 saturated heterocycles. The Morgan fingerprint density at radius 3 is 2.30 bits per heavy atom. The molecule has 0 aliphatic carbocycles. The molecule has 0 spiro atoms. The van der Waals surface area contributed by atoms with Crippen LogP contribution in [0.2, 0.25) is 0 Å². The van der Waals surface area contributed by atoms with Crippen molar-refractivity contribution in [1.82, 2.24) is 5.32 Å². The highest BCUT2D eigenvalue weighted by molar-refractivity contribution is 14.0. The predicted octanol–water partition coefficient (Wildman–Crippen LogP) is 1.56. The number of nitrogens with one attached hydrogen (secondary N) is 1. The molecule has 0 saturated carbocycles. The maximum atomic E-state index is 11.3. The first-order chi connectivity index (χ1) is 8.79. The van der Waals surface area contributed by atoms with E-state index >= 15 is 0 Å². The summed E-state index contributed by atoms with van der Waals surface area (Å²) >= 11 is 0. The molecule has 1 aromatic carbocycles. The normalized spacial score (nSPS) is 12.1. The summed E-state index contributed by atoms with van der Waals surface area (Å²) in [6, 6.07) is 7.10. The number of rotatable bonds is 5. The molecule has 0 radical (unpaired) electrons. The van der Waals surface area contributed by atoms with Crippen molar-refractivity contribution in [3.8, 4) is 0 Å². The molecular formula is C13H22IN3O2S. The number of nitrogens with two attached hydrogens (primary N) is 1. The molecule has 0 heterocycles. The molecule has 20 heavy (non-hydrogen) atoms. The van der Waals surface area contributed by atoms with Gasteiger partial charge in [0.15, 0.2) is 15.8 Å². The zero-order valence-corrected chi connectivity index (χ0v) is 15.1. The quantitative estimate of drug-likeness (QED) is 0.438. The number of guanidine groups is 1. The van der Waals surface area contributed by atoms with Gasteiger partial charge in [-0.05, 0) is 38.0 Å². The maximum absolute atomic E-state index is 11.3. The summed E-state index contributed by atoms with van der Waals surface area (Å²) < 4.78 is 22.6. The van der Waals surface area contributed by atoms with E-state index < -0.39 is 9.84 Å². The number of benzene rings is 1. The van der Waals surface area contributed by atoms with Gasteiger partial charge < -0.3 is 11.1 Å². The fourth-order valence-electron chi connectivity index (χ4n) is 1.55. The molecular weight excluding hydrogens is 389 g/mol. The van der Waals surface area contributed by atoms with Crippen LogP contribution in [0.5, 0.6) is 0 Å². The topological polar surface area (TPSA) is 84.5 Å². The number of sulfone groups is 1. The van der Waals surface area contributed by atoms with Gasteiger partial charge in [0.2, 0.25) is 0 Å². The van der Waals surface area contributed by atoms with Crippen molar-refractivity contribution in [2.45, 2.75) is 31.2 Å². The van der Waals surface area contributed by atoms with E-state index in [1.54, 1.807) is 24.3 Å². The molecule has 1 rings (SSSR count). The smallest absolute Gasteiger partial charge is 0.188 e. The highest BCUT2D eigenvalue weighted by atomic mass is 127. The van der Waals surface area contributed by atoms with Crippen molar-refractivity contribution in [2.75, 3.05) is 12.8 Å². The summed E-state index contributed by atoms with van der Waals surface area (Å²) in [4.78, 5) is 4.53.